The van der Waals surface area contributed by atoms with Crippen LogP contribution < -0.4 is 5.32 Å². The number of hydrogen-bond donors (Lipinski definition) is 2. The van der Waals surface area contributed by atoms with Gasteiger partial charge in [-0.1, -0.05) is 26.0 Å². The van der Waals surface area contributed by atoms with E-state index in [4.69, 9.17) is 0 Å². The van der Waals surface area contributed by atoms with Crippen molar-refractivity contribution in [2.24, 2.45) is 0 Å². The van der Waals surface area contributed by atoms with Gasteiger partial charge in [-0.3, -0.25) is 4.79 Å². The van der Waals surface area contributed by atoms with Crippen molar-refractivity contribution in [1.29, 1.82) is 0 Å². The van der Waals surface area contributed by atoms with E-state index in [1.807, 2.05) is 24.3 Å². The molecule has 0 radical (unpaired) electrons. The second kappa shape index (κ2) is 5.81. The fourth-order valence-electron chi connectivity index (χ4n) is 1.28. The maximum Gasteiger partial charge on any atom is 0.225 e. The van der Waals surface area contributed by atoms with Gasteiger partial charge in [0.25, 0.3) is 0 Å². The normalized spacial score (nSPS) is 10.4. The number of anilines is 1. The predicted octanol–water partition coefficient (Wildman–Crippen LogP) is 3.07. The molecule has 0 saturated carbocycles. The summed E-state index contributed by atoms with van der Waals surface area (Å²) >= 11 is 4.01. The molecule has 0 aliphatic carbocycles. The molecule has 0 saturated heterocycles. The molecule has 0 aromatic heterocycles. The Morgan fingerprint density at radius 3 is 2.40 bits per heavy atom. The molecule has 0 spiro atoms. The summed E-state index contributed by atoms with van der Waals surface area (Å²) in [5.41, 5.74) is 2.13. The molecule has 15 heavy (non-hydrogen) atoms. The zero-order chi connectivity index (χ0) is 11.3. The molecular weight excluding hydrogens is 206 g/mol. The highest BCUT2D eigenvalue weighted by Gasteiger charge is 2.02. The zero-order valence-corrected chi connectivity index (χ0v) is 10.1. The van der Waals surface area contributed by atoms with Crippen LogP contribution in [0.25, 0.3) is 0 Å². The number of carbonyl (C=O) groups is 1. The van der Waals surface area contributed by atoms with E-state index >= 15 is 0 Å². The van der Waals surface area contributed by atoms with E-state index in [1.54, 1.807) is 0 Å². The Morgan fingerprint density at radius 2 is 1.93 bits per heavy atom. The van der Waals surface area contributed by atoms with Gasteiger partial charge in [0, 0.05) is 12.1 Å². The Labute approximate surface area is 96.5 Å². The summed E-state index contributed by atoms with van der Waals surface area (Å²) in [6.07, 6.45) is 0.453. The number of amides is 1. The molecule has 0 fully saturated rings. The molecule has 0 bridgehead atoms. The van der Waals surface area contributed by atoms with Crippen LogP contribution in [0.4, 0.5) is 5.69 Å². The minimum absolute atomic E-state index is 0.0160. The van der Waals surface area contributed by atoms with E-state index in [0.29, 0.717) is 18.1 Å². The van der Waals surface area contributed by atoms with Crippen LogP contribution in [-0.4, -0.2) is 11.7 Å². The molecule has 0 unspecified atom stereocenters. The number of nitrogens with one attached hydrogen (secondary N) is 1. The Bertz CT molecular complexity index is 319. The SMILES string of the molecule is CC(C)c1ccc(NC(=O)CCS)cc1. The largest absolute Gasteiger partial charge is 0.326 e. The molecule has 0 aliphatic rings. The predicted molar refractivity (Wildman–Crippen MR) is 67.6 cm³/mol. The van der Waals surface area contributed by atoms with Crippen LogP contribution in [-0.2, 0) is 4.79 Å². The van der Waals surface area contributed by atoms with Crippen molar-refractivity contribution in [3.63, 3.8) is 0 Å². The average molecular weight is 223 g/mol. The Kier molecular flexibility index (Phi) is 4.69. The molecule has 1 N–H and O–H groups in total. The maximum absolute atomic E-state index is 11.3. The molecule has 2 nitrogen and oxygen atoms in total. The summed E-state index contributed by atoms with van der Waals surface area (Å²) in [6, 6.07) is 7.96. The zero-order valence-electron chi connectivity index (χ0n) is 9.16. The van der Waals surface area contributed by atoms with Crippen molar-refractivity contribution in [2.45, 2.75) is 26.2 Å². The van der Waals surface area contributed by atoms with Crippen LogP contribution in [0.15, 0.2) is 24.3 Å². The monoisotopic (exact) mass is 223 g/mol. The third kappa shape index (κ3) is 3.96. The fraction of sp³-hybridized carbons (Fsp3) is 0.417. The van der Waals surface area contributed by atoms with Gasteiger partial charge in [0.2, 0.25) is 5.91 Å². The summed E-state index contributed by atoms with van der Waals surface area (Å²) in [7, 11) is 0. The van der Waals surface area contributed by atoms with Crippen molar-refractivity contribution in [3.05, 3.63) is 29.8 Å². The van der Waals surface area contributed by atoms with Gasteiger partial charge in [0.1, 0.15) is 0 Å². The number of rotatable bonds is 4. The van der Waals surface area contributed by atoms with Gasteiger partial charge >= 0.3 is 0 Å². The minimum Gasteiger partial charge on any atom is -0.326 e. The molecule has 3 heteroatoms. The highest BCUT2D eigenvalue weighted by atomic mass is 32.1. The van der Waals surface area contributed by atoms with Crippen molar-refractivity contribution in [2.75, 3.05) is 11.1 Å². The van der Waals surface area contributed by atoms with E-state index in [2.05, 4.69) is 31.8 Å². The topological polar surface area (TPSA) is 29.1 Å². The highest BCUT2D eigenvalue weighted by molar-refractivity contribution is 7.80. The first-order chi connectivity index (χ1) is 7.13. The Balaban J connectivity index is 2.60. The van der Waals surface area contributed by atoms with Crippen molar-refractivity contribution in [3.8, 4) is 0 Å². The standard InChI is InChI=1S/C12H17NOS/c1-9(2)10-3-5-11(6-4-10)13-12(14)7-8-15/h3-6,9,15H,7-8H2,1-2H3,(H,13,14). The van der Waals surface area contributed by atoms with Crippen LogP contribution in [0.1, 0.15) is 31.7 Å². The van der Waals surface area contributed by atoms with Crippen molar-refractivity contribution in [1.82, 2.24) is 0 Å². The van der Waals surface area contributed by atoms with Gasteiger partial charge in [-0.15, -0.1) is 0 Å². The second-order valence-corrected chi connectivity index (χ2v) is 4.25. The lowest BCUT2D eigenvalue weighted by molar-refractivity contribution is -0.115. The van der Waals surface area contributed by atoms with Gasteiger partial charge in [-0.05, 0) is 29.4 Å². The molecule has 0 heterocycles. The smallest absolute Gasteiger partial charge is 0.225 e. The summed E-state index contributed by atoms with van der Waals surface area (Å²) in [5.74, 6) is 1.12. The molecule has 1 aromatic rings. The molecule has 1 aromatic carbocycles. The number of benzene rings is 1. The summed E-state index contributed by atoms with van der Waals surface area (Å²) in [6.45, 7) is 4.29. The van der Waals surface area contributed by atoms with Crippen LogP contribution in [0.3, 0.4) is 0 Å². The third-order valence-corrected chi connectivity index (χ3v) is 2.42. The van der Waals surface area contributed by atoms with E-state index in [9.17, 15) is 4.79 Å². The van der Waals surface area contributed by atoms with Crippen LogP contribution in [0.5, 0.6) is 0 Å². The number of carbonyl (C=O) groups excluding carboxylic acids is 1. The van der Waals surface area contributed by atoms with Gasteiger partial charge in [0.15, 0.2) is 0 Å². The van der Waals surface area contributed by atoms with Crippen LogP contribution in [0, 0.1) is 0 Å². The van der Waals surface area contributed by atoms with Gasteiger partial charge in [0.05, 0.1) is 0 Å². The quantitative estimate of drug-likeness (QED) is 0.755. The van der Waals surface area contributed by atoms with E-state index in [0.717, 1.165) is 5.69 Å². The molecule has 1 amide bonds. The molecular formula is C12H17NOS. The van der Waals surface area contributed by atoms with Crippen LogP contribution >= 0.6 is 12.6 Å². The summed E-state index contributed by atoms with van der Waals surface area (Å²) in [4.78, 5) is 11.3. The second-order valence-electron chi connectivity index (χ2n) is 3.80. The third-order valence-electron chi connectivity index (χ3n) is 2.20. The van der Waals surface area contributed by atoms with Gasteiger partial charge in [-0.25, -0.2) is 0 Å². The summed E-state index contributed by atoms with van der Waals surface area (Å²) < 4.78 is 0. The van der Waals surface area contributed by atoms with E-state index in [1.165, 1.54) is 5.56 Å². The maximum atomic E-state index is 11.3. The molecule has 82 valence electrons. The molecule has 0 aliphatic heterocycles. The number of hydrogen-bond acceptors (Lipinski definition) is 2. The van der Waals surface area contributed by atoms with Crippen LogP contribution in [0.2, 0.25) is 0 Å². The highest BCUT2D eigenvalue weighted by Crippen LogP contribution is 2.17. The van der Waals surface area contributed by atoms with Crippen molar-refractivity contribution >= 4 is 24.2 Å². The van der Waals surface area contributed by atoms with Crippen molar-refractivity contribution < 1.29 is 4.79 Å². The summed E-state index contributed by atoms with van der Waals surface area (Å²) in [5, 5.41) is 2.82. The average Bonchev–Trinajstić information content (AvgIpc) is 2.18. The lowest BCUT2D eigenvalue weighted by Gasteiger charge is -2.07. The van der Waals surface area contributed by atoms with E-state index in [-0.39, 0.29) is 5.91 Å². The Hall–Kier alpha value is -0.960. The minimum atomic E-state index is 0.0160. The van der Waals surface area contributed by atoms with Gasteiger partial charge in [-0.2, -0.15) is 12.6 Å². The van der Waals surface area contributed by atoms with Gasteiger partial charge < -0.3 is 5.32 Å². The lowest BCUT2D eigenvalue weighted by Crippen LogP contribution is -2.11. The number of thiol groups is 1. The molecule has 1 rings (SSSR count). The lowest BCUT2D eigenvalue weighted by atomic mass is 10.0. The van der Waals surface area contributed by atoms with E-state index < -0.39 is 0 Å². The fourth-order valence-corrected chi connectivity index (χ4v) is 1.48. The molecule has 0 atom stereocenters. The first-order valence-electron chi connectivity index (χ1n) is 5.14. The first-order valence-corrected chi connectivity index (χ1v) is 5.77. The first kappa shape index (κ1) is 12.1. The Morgan fingerprint density at radius 1 is 1.33 bits per heavy atom.